The number of ether oxygens (including phenoxy) is 2. The summed E-state index contributed by atoms with van der Waals surface area (Å²) in [6.45, 7) is 4.00. The molecule has 0 bridgehead atoms. The predicted octanol–water partition coefficient (Wildman–Crippen LogP) is 4.17. The molecule has 0 aromatic heterocycles. The maximum absolute atomic E-state index is 9.70. The molecule has 2 aromatic rings. The number of anilines is 1. The smallest absolute Gasteiger partial charge is 0.181 e. The fourth-order valence-corrected chi connectivity index (χ4v) is 2.65. The summed E-state index contributed by atoms with van der Waals surface area (Å²) in [5, 5.41) is 9.70. The van der Waals surface area contributed by atoms with Crippen molar-refractivity contribution in [2.45, 2.75) is 23.6 Å². The number of rotatable bonds is 4. The van der Waals surface area contributed by atoms with E-state index in [0.717, 1.165) is 15.5 Å². The summed E-state index contributed by atoms with van der Waals surface area (Å²) in [5.41, 5.74) is 6.04. The highest BCUT2D eigenvalue weighted by Gasteiger charge is 2.10. The zero-order valence-electron chi connectivity index (χ0n) is 12.7. The van der Waals surface area contributed by atoms with Crippen molar-refractivity contribution in [3.8, 4) is 17.2 Å². The van der Waals surface area contributed by atoms with Crippen molar-refractivity contribution in [2.75, 3.05) is 20.0 Å². The first-order chi connectivity index (χ1) is 10.2. The number of benzene rings is 2. The fraction of sp³-hybridized carbons (Fsp3) is 0.250. The molecule has 0 unspecified atom stereocenters. The average molecular weight is 307 g/mol. The van der Waals surface area contributed by atoms with Crippen LogP contribution in [0.3, 0.4) is 0 Å². The fourth-order valence-electron chi connectivity index (χ4n) is 1.65. The summed E-state index contributed by atoms with van der Waals surface area (Å²) in [4.78, 5) is 1.84. The lowest BCUT2D eigenvalue weighted by Crippen LogP contribution is -1.91. The van der Waals surface area contributed by atoms with Gasteiger partial charge in [-0.3, -0.25) is 0 Å². The molecule has 2 aromatic carbocycles. The summed E-state index contributed by atoms with van der Waals surface area (Å²) in [6.07, 6.45) is 0. The molecule has 0 radical (unpaired) electrons. The number of hydrogen-bond donors (Lipinski definition) is 2. The zero-order valence-corrected chi connectivity index (χ0v) is 13.5. The van der Waals surface area contributed by atoms with Gasteiger partial charge in [-0.15, -0.1) is 0 Å². The average Bonchev–Trinajstić information content (AvgIpc) is 2.53. The van der Waals surface area contributed by atoms with Crippen molar-refractivity contribution in [1.82, 2.24) is 0 Å². The van der Waals surface area contributed by atoms with Gasteiger partial charge in [0.2, 0.25) is 0 Å². The number of hydrogen-bond acceptors (Lipinski definition) is 5. The van der Waals surface area contributed by atoms with E-state index < -0.39 is 0 Å². The van der Waals surface area contributed by atoms with Gasteiger partial charge < -0.3 is 20.3 Å². The molecular weight excluding hydrogens is 286 g/mol. The van der Waals surface area contributed by atoms with Gasteiger partial charge in [0.05, 0.1) is 24.8 Å². The van der Waals surface area contributed by atoms with Crippen molar-refractivity contribution in [1.29, 1.82) is 0 Å². The van der Waals surface area contributed by atoms with Crippen LogP contribution in [0.4, 0.5) is 5.69 Å². The van der Waals surface area contributed by atoms with Gasteiger partial charge >= 0.3 is 0 Å². The number of nitrogen functional groups attached to an aromatic ring is 1. The van der Waals surface area contributed by atoms with Crippen LogP contribution in [0.1, 0.15) is 13.8 Å². The van der Waals surface area contributed by atoms with E-state index in [2.05, 4.69) is 0 Å². The monoisotopic (exact) mass is 307 g/mol. The molecule has 0 aliphatic heterocycles. The largest absolute Gasteiger partial charge is 0.503 e. The number of phenolic OH excluding ortho intramolecular Hbond substituents is 1. The third-order valence-corrected chi connectivity index (χ3v) is 3.62. The SMILES string of the molecule is CC.COc1ccccc1Sc1cc(N)c(O)c(OC)c1. The Labute approximate surface area is 129 Å². The lowest BCUT2D eigenvalue weighted by Gasteiger charge is -2.11. The van der Waals surface area contributed by atoms with Crippen LogP contribution in [-0.4, -0.2) is 19.3 Å². The molecule has 3 N–H and O–H groups in total. The summed E-state index contributed by atoms with van der Waals surface area (Å²) in [6, 6.07) is 11.1. The van der Waals surface area contributed by atoms with Gasteiger partial charge in [0, 0.05) is 4.90 Å². The molecule has 0 fully saturated rings. The molecule has 114 valence electrons. The molecule has 0 saturated carbocycles. The first-order valence-electron chi connectivity index (χ1n) is 6.63. The molecule has 0 saturated heterocycles. The summed E-state index contributed by atoms with van der Waals surface area (Å²) >= 11 is 1.50. The first-order valence-corrected chi connectivity index (χ1v) is 7.44. The number of para-hydroxylation sites is 1. The molecule has 5 heteroatoms. The lowest BCUT2D eigenvalue weighted by molar-refractivity contribution is 0.373. The van der Waals surface area contributed by atoms with Gasteiger partial charge in [-0.25, -0.2) is 0 Å². The summed E-state index contributed by atoms with van der Waals surface area (Å²) in [7, 11) is 3.12. The van der Waals surface area contributed by atoms with Crippen LogP contribution in [-0.2, 0) is 0 Å². The molecule has 2 rings (SSSR count). The van der Waals surface area contributed by atoms with Gasteiger partial charge in [0.1, 0.15) is 5.75 Å². The summed E-state index contributed by atoms with van der Waals surface area (Å²) < 4.78 is 10.4. The number of aromatic hydroxyl groups is 1. The minimum Gasteiger partial charge on any atom is -0.503 e. The Morgan fingerprint density at radius 3 is 2.24 bits per heavy atom. The first kappa shape index (κ1) is 17.0. The minimum atomic E-state index is -0.0353. The van der Waals surface area contributed by atoms with Crippen LogP contribution in [0.2, 0.25) is 0 Å². The normalized spacial score (nSPS) is 9.52. The van der Waals surface area contributed by atoms with Gasteiger partial charge in [-0.05, 0) is 24.3 Å². The van der Waals surface area contributed by atoms with Gasteiger partial charge in [-0.2, -0.15) is 0 Å². The molecule has 0 amide bonds. The van der Waals surface area contributed by atoms with E-state index >= 15 is 0 Å². The van der Waals surface area contributed by atoms with E-state index in [1.165, 1.54) is 18.9 Å². The minimum absolute atomic E-state index is 0.0353. The molecule has 0 atom stereocenters. The van der Waals surface area contributed by atoms with Crippen molar-refractivity contribution >= 4 is 17.4 Å². The van der Waals surface area contributed by atoms with Crippen molar-refractivity contribution in [3.05, 3.63) is 36.4 Å². The van der Waals surface area contributed by atoms with Crippen molar-refractivity contribution in [3.63, 3.8) is 0 Å². The van der Waals surface area contributed by atoms with Crippen molar-refractivity contribution in [2.24, 2.45) is 0 Å². The number of methoxy groups -OCH3 is 2. The Balaban J connectivity index is 0.00000106. The van der Waals surface area contributed by atoms with E-state index in [0.29, 0.717) is 5.75 Å². The van der Waals surface area contributed by atoms with Crippen LogP contribution >= 0.6 is 11.8 Å². The highest BCUT2D eigenvalue weighted by atomic mass is 32.2. The Kier molecular flexibility index (Phi) is 6.75. The van der Waals surface area contributed by atoms with Crippen LogP contribution in [0.15, 0.2) is 46.2 Å². The second-order valence-electron chi connectivity index (χ2n) is 3.82. The van der Waals surface area contributed by atoms with Crippen LogP contribution in [0, 0.1) is 0 Å². The van der Waals surface area contributed by atoms with E-state index in [-0.39, 0.29) is 11.4 Å². The van der Waals surface area contributed by atoms with Gasteiger partial charge in [0.25, 0.3) is 0 Å². The van der Waals surface area contributed by atoms with E-state index in [1.807, 2.05) is 38.1 Å². The van der Waals surface area contributed by atoms with E-state index in [1.54, 1.807) is 19.2 Å². The van der Waals surface area contributed by atoms with Gasteiger partial charge in [0.15, 0.2) is 11.5 Å². The molecule has 4 nitrogen and oxygen atoms in total. The topological polar surface area (TPSA) is 64.7 Å². The van der Waals surface area contributed by atoms with E-state index in [9.17, 15) is 5.11 Å². The molecular formula is C16H21NO3S. The Bertz CT molecular complexity index is 588. The zero-order chi connectivity index (χ0) is 15.8. The molecule has 0 heterocycles. The second-order valence-corrected chi connectivity index (χ2v) is 4.93. The van der Waals surface area contributed by atoms with Gasteiger partial charge in [-0.1, -0.05) is 37.7 Å². The Hall–Kier alpha value is -2.01. The Morgan fingerprint density at radius 1 is 1.00 bits per heavy atom. The highest BCUT2D eigenvalue weighted by Crippen LogP contribution is 2.41. The third kappa shape index (κ3) is 4.23. The van der Waals surface area contributed by atoms with E-state index in [4.69, 9.17) is 15.2 Å². The lowest BCUT2D eigenvalue weighted by atomic mass is 10.3. The summed E-state index contributed by atoms with van der Waals surface area (Å²) in [5.74, 6) is 1.11. The Morgan fingerprint density at radius 2 is 1.62 bits per heavy atom. The molecule has 0 aliphatic carbocycles. The molecule has 0 spiro atoms. The maximum Gasteiger partial charge on any atom is 0.181 e. The predicted molar refractivity (Wildman–Crippen MR) is 87.5 cm³/mol. The standard InChI is InChI=1S/C14H15NO3S.C2H6/c1-17-11-5-3-4-6-13(11)19-9-7-10(15)14(16)12(8-9)18-2;1-2/h3-8,16H,15H2,1-2H3;1-2H3. The number of phenols is 1. The second kappa shape index (κ2) is 8.32. The third-order valence-electron chi connectivity index (χ3n) is 2.59. The maximum atomic E-state index is 9.70. The van der Waals surface area contributed by atoms with Crippen LogP contribution < -0.4 is 15.2 Å². The number of nitrogens with two attached hydrogens (primary N) is 1. The van der Waals surface area contributed by atoms with Crippen LogP contribution in [0.25, 0.3) is 0 Å². The quantitative estimate of drug-likeness (QED) is 0.655. The molecule has 21 heavy (non-hydrogen) atoms. The van der Waals surface area contributed by atoms with Crippen molar-refractivity contribution < 1.29 is 14.6 Å². The van der Waals surface area contributed by atoms with Crippen LogP contribution in [0.5, 0.6) is 17.2 Å². The highest BCUT2D eigenvalue weighted by molar-refractivity contribution is 7.99. The molecule has 0 aliphatic rings.